The molecule has 29 heavy (non-hydrogen) atoms. The maximum atomic E-state index is 12.5. The minimum absolute atomic E-state index is 0.0346. The van der Waals surface area contributed by atoms with Crippen LogP contribution in [0.2, 0.25) is 5.02 Å². The van der Waals surface area contributed by atoms with Gasteiger partial charge in [0.15, 0.2) is 5.11 Å². The van der Waals surface area contributed by atoms with Crippen molar-refractivity contribution in [1.82, 2.24) is 10.2 Å². The van der Waals surface area contributed by atoms with Crippen LogP contribution in [0.4, 0.5) is 11.4 Å². The summed E-state index contributed by atoms with van der Waals surface area (Å²) in [5, 5.41) is 14.4. The largest absolute Gasteiger partial charge is 0.367 e. The van der Waals surface area contributed by atoms with E-state index in [1.165, 1.54) is 12.1 Å². The Balaban J connectivity index is 1.59. The van der Waals surface area contributed by atoms with E-state index < -0.39 is 4.92 Å². The quantitative estimate of drug-likeness (QED) is 0.452. The number of nitro benzene ring substituents is 1. The van der Waals surface area contributed by atoms with Gasteiger partial charge >= 0.3 is 0 Å². The van der Waals surface area contributed by atoms with E-state index >= 15 is 0 Å². The van der Waals surface area contributed by atoms with Gasteiger partial charge in [0, 0.05) is 43.9 Å². The van der Waals surface area contributed by atoms with Crippen LogP contribution in [0.1, 0.15) is 21.5 Å². The third kappa shape index (κ3) is 4.83. The molecule has 1 aliphatic heterocycles. The summed E-state index contributed by atoms with van der Waals surface area (Å²) in [5.41, 5.74) is 3.33. The Morgan fingerprint density at radius 3 is 2.41 bits per heavy atom. The third-order valence-corrected chi connectivity index (χ3v) is 5.56. The summed E-state index contributed by atoms with van der Waals surface area (Å²) in [4.78, 5) is 26.9. The van der Waals surface area contributed by atoms with E-state index in [1.807, 2.05) is 30.9 Å². The average molecular weight is 433 g/mol. The summed E-state index contributed by atoms with van der Waals surface area (Å²) in [5.74, 6) is -0.214. The molecule has 152 valence electrons. The van der Waals surface area contributed by atoms with Gasteiger partial charge < -0.3 is 9.80 Å². The Labute approximate surface area is 179 Å². The van der Waals surface area contributed by atoms with Crippen molar-refractivity contribution in [3.05, 3.63) is 68.2 Å². The van der Waals surface area contributed by atoms with Gasteiger partial charge in [0.2, 0.25) is 0 Å². The molecule has 0 saturated carbocycles. The lowest BCUT2D eigenvalue weighted by Crippen LogP contribution is -2.52. The first-order valence-corrected chi connectivity index (χ1v) is 9.91. The molecule has 0 radical (unpaired) electrons. The molecule has 1 heterocycles. The second-order valence-corrected chi connectivity index (χ2v) is 7.74. The predicted molar refractivity (Wildman–Crippen MR) is 118 cm³/mol. The zero-order valence-corrected chi connectivity index (χ0v) is 17.7. The zero-order valence-electron chi connectivity index (χ0n) is 16.1. The summed E-state index contributed by atoms with van der Waals surface area (Å²) in [7, 11) is 0. The number of halogens is 1. The minimum Gasteiger partial charge on any atom is -0.367 e. The number of piperazine rings is 1. The van der Waals surface area contributed by atoms with Gasteiger partial charge in [-0.2, -0.15) is 0 Å². The van der Waals surface area contributed by atoms with Crippen LogP contribution < -0.4 is 10.2 Å². The number of nitro groups is 1. The molecule has 2 aromatic rings. The standard InChI is InChI=1S/C20H21ClN4O3S/c1-13-3-5-16(14(2)11-13)19(26)22-20(29)24-9-7-23(8-10-24)18-6-4-15(25(27)28)12-17(18)21/h3-6,11-12H,7-10H2,1-2H3,(H,22,26,29). The number of aryl methyl sites for hydroxylation is 2. The van der Waals surface area contributed by atoms with Crippen molar-refractivity contribution in [2.24, 2.45) is 0 Å². The van der Waals surface area contributed by atoms with Gasteiger partial charge in [-0.3, -0.25) is 20.2 Å². The highest BCUT2D eigenvalue weighted by molar-refractivity contribution is 7.80. The number of amides is 1. The number of anilines is 1. The lowest BCUT2D eigenvalue weighted by atomic mass is 10.1. The Morgan fingerprint density at radius 2 is 1.83 bits per heavy atom. The molecule has 3 rings (SSSR count). The van der Waals surface area contributed by atoms with E-state index in [0.717, 1.165) is 16.8 Å². The highest BCUT2D eigenvalue weighted by Crippen LogP contribution is 2.30. The second kappa shape index (κ2) is 8.75. The summed E-state index contributed by atoms with van der Waals surface area (Å²) in [6, 6.07) is 10.1. The van der Waals surface area contributed by atoms with Gasteiger partial charge in [0.25, 0.3) is 11.6 Å². The number of hydrogen-bond donors (Lipinski definition) is 1. The van der Waals surface area contributed by atoms with Gasteiger partial charge in [0.05, 0.1) is 15.6 Å². The van der Waals surface area contributed by atoms with Crippen molar-refractivity contribution in [3.63, 3.8) is 0 Å². The monoisotopic (exact) mass is 432 g/mol. The van der Waals surface area contributed by atoms with Gasteiger partial charge in [-0.25, -0.2) is 0 Å². The average Bonchev–Trinajstić information content (AvgIpc) is 2.67. The van der Waals surface area contributed by atoms with E-state index in [-0.39, 0.29) is 11.6 Å². The number of nitrogens with one attached hydrogen (secondary N) is 1. The molecule has 1 aliphatic rings. The SMILES string of the molecule is Cc1ccc(C(=O)NC(=S)N2CCN(c3ccc([N+](=O)[O-])cc3Cl)CC2)c(C)c1. The minimum atomic E-state index is -0.468. The zero-order chi connectivity index (χ0) is 21.1. The lowest BCUT2D eigenvalue weighted by Gasteiger charge is -2.37. The van der Waals surface area contributed by atoms with Crippen molar-refractivity contribution in [2.45, 2.75) is 13.8 Å². The summed E-state index contributed by atoms with van der Waals surface area (Å²) in [6.07, 6.45) is 0. The fourth-order valence-electron chi connectivity index (χ4n) is 3.33. The first-order valence-electron chi connectivity index (χ1n) is 9.12. The molecule has 1 amide bonds. The van der Waals surface area contributed by atoms with E-state index in [4.69, 9.17) is 23.8 Å². The molecule has 0 atom stereocenters. The van der Waals surface area contributed by atoms with Gasteiger partial charge in [-0.1, -0.05) is 29.3 Å². The van der Waals surface area contributed by atoms with E-state index in [1.54, 1.807) is 12.1 Å². The Morgan fingerprint density at radius 1 is 1.14 bits per heavy atom. The van der Waals surface area contributed by atoms with Crippen molar-refractivity contribution in [3.8, 4) is 0 Å². The summed E-state index contributed by atoms with van der Waals surface area (Å²) in [6.45, 7) is 6.38. The van der Waals surface area contributed by atoms with Crippen LogP contribution in [0, 0.1) is 24.0 Å². The molecule has 0 bridgehead atoms. The van der Waals surface area contributed by atoms with Crippen LogP contribution in [-0.2, 0) is 0 Å². The molecule has 7 nitrogen and oxygen atoms in total. The maximum Gasteiger partial charge on any atom is 0.271 e. The molecular formula is C20H21ClN4O3S. The summed E-state index contributed by atoms with van der Waals surface area (Å²) >= 11 is 11.6. The van der Waals surface area contributed by atoms with Gasteiger partial charge in [0.1, 0.15) is 0 Å². The van der Waals surface area contributed by atoms with Crippen molar-refractivity contribution in [1.29, 1.82) is 0 Å². The Bertz CT molecular complexity index is 974. The van der Waals surface area contributed by atoms with Crippen LogP contribution in [-0.4, -0.2) is 47.0 Å². The van der Waals surface area contributed by atoms with E-state index in [9.17, 15) is 14.9 Å². The molecule has 1 saturated heterocycles. The Hall–Kier alpha value is -2.71. The van der Waals surface area contributed by atoms with Crippen LogP contribution in [0.25, 0.3) is 0 Å². The van der Waals surface area contributed by atoms with Crippen molar-refractivity contribution < 1.29 is 9.72 Å². The molecule has 0 unspecified atom stereocenters. The van der Waals surface area contributed by atoms with Crippen LogP contribution >= 0.6 is 23.8 Å². The maximum absolute atomic E-state index is 12.5. The van der Waals surface area contributed by atoms with Crippen LogP contribution in [0.15, 0.2) is 36.4 Å². The second-order valence-electron chi connectivity index (χ2n) is 6.94. The first kappa shape index (κ1) is 21.0. The number of thiocarbonyl (C=S) groups is 1. The lowest BCUT2D eigenvalue weighted by molar-refractivity contribution is -0.384. The topological polar surface area (TPSA) is 78.7 Å². The molecule has 0 spiro atoms. The third-order valence-electron chi connectivity index (χ3n) is 4.90. The van der Waals surface area contributed by atoms with Gasteiger partial charge in [-0.15, -0.1) is 0 Å². The van der Waals surface area contributed by atoms with Crippen LogP contribution in [0.5, 0.6) is 0 Å². The van der Waals surface area contributed by atoms with Crippen LogP contribution in [0.3, 0.4) is 0 Å². The molecular weight excluding hydrogens is 412 g/mol. The van der Waals surface area contributed by atoms with Crippen molar-refractivity contribution in [2.75, 3.05) is 31.1 Å². The van der Waals surface area contributed by atoms with Gasteiger partial charge in [-0.05, 0) is 43.8 Å². The molecule has 0 aliphatic carbocycles. The smallest absolute Gasteiger partial charge is 0.271 e. The molecule has 1 fully saturated rings. The number of hydrogen-bond acceptors (Lipinski definition) is 5. The number of nitrogens with zero attached hydrogens (tertiary/aromatic N) is 3. The van der Waals surface area contributed by atoms with E-state index in [2.05, 4.69) is 10.2 Å². The normalized spacial score (nSPS) is 13.9. The van der Waals surface area contributed by atoms with E-state index in [0.29, 0.717) is 41.9 Å². The van der Waals surface area contributed by atoms with Crippen molar-refractivity contribution >= 4 is 46.2 Å². The predicted octanol–water partition coefficient (Wildman–Crippen LogP) is 3.70. The fraction of sp³-hybridized carbons (Fsp3) is 0.300. The number of carbonyl (C=O) groups excluding carboxylic acids is 1. The molecule has 1 N–H and O–H groups in total. The molecule has 0 aromatic heterocycles. The number of carbonyl (C=O) groups is 1. The highest BCUT2D eigenvalue weighted by Gasteiger charge is 2.23. The highest BCUT2D eigenvalue weighted by atomic mass is 35.5. The first-order chi connectivity index (χ1) is 13.8. The molecule has 2 aromatic carbocycles. The molecule has 9 heteroatoms. The summed E-state index contributed by atoms with van der Waals surface area (Å²) < 4.78 is 0. The number of rotatable bonds is 3. The number of non-ortho nitro benzene ring substituents is 1. The number of benzene rings is 2. The Kier molecular flexibility index (Phi) is 6.34. The fourth-order valence-corrected chi connectivity index (χ4v) is 3.90.